The molecule has 1 atom stereocenters. The van der Waals surface area contributed by atoms with Gasteiger partial charge in [-0.05, 0) is 38.5 Å². The second kappa shape index (κ2) is 8.37. The van der Waals surface area contributed by atoms with Gasteiger partial charge in [0.25, 0.3) is 5.91 Å². The summed E-state index contributed by atoms with van der Waals surface area (Å²) in [5.41, 5.74) is -1.96. The normalized spacial score (nSPS) is 14.1. The maximum atomic E-state index is 13.1. The van der Waals surface area contributed by atoms with E-state index in [-0.39, 0.29) is 11.4 Å². The Bertz CT molecular complexity index is 561. The second-order valence-corrected chi connectivity index (χ2v) is 5.63. The minimum Gasteiger partial charge on any atom is -0.496 e. The Morgan fingerprint density at radius 1 is 1.25 bits per heavy atom. The Kier molecular flexibility index (Phi) is 7.08. The molecule has 1 aromatic rings. The van der Waals surface area contributed by atoms with Crippen molar-refractivity contribution in [2.75, 3.05) is 19.0 Å². The van der Waals surface area contributed by atoms with Gasteiger partial charge in [0.2, 0.25) is 0 Å². The van der Waals surface area contributed by atoms with Crippen LogP contribution in [0.5, 0.6) is 5.75 Å². The Hall–Kier alpha value is -1.76. The number of nitrogens with one attached hydrogen (secondary N) is 1. The highest BCUT2D eigenvalue weighted by molar-refractivity contribution is 5.97. The van der Waals surface area contributed by atoms with Crippen molar-refractivity contribution >= 4 is 11.6 Å². The first kappa shape index (κ1) is 20.3. The van der Waals surface area contributed by atoms with Gasteiger partial charge in [-0.2, -0.15) is 13.2 Å². The maximum absolute atomic E-state index is 13.1. The number of carbonyl (C=O) groups is 1. The highest BCUT2D eigenvalue weighted by Gasteiger charge is 2.36. The van der Waals surface area contributed by atoms with Crippen LogP contribution in [0.15, 0.2) is 18.2 Å². The minimum atomic E-state index is -4.57. The number of rotatable bonds is 8. The summed E-state index contributed by atoms with van der Waals surface area (Å²) in [6, 6.07) is 3.42. The van der Waals surface area contributed by atoms with Crippen molar-refractivity contribution in [2.24, 2.45) is 0 Å². The monoisotopic (exact) mass is 347 g/mol. The number of amides is 1. The van der Waals surface area contributed by atoms with Gasteiger partial charge in [-0.1, -0.05) is 19.8 Å². The average molecular weight is 347 g/mol. The molecule has 0 unspecified atom stereocenters. The molecule has 0 saturated heterocycles. The number of unbranched alkanes of at least 4 members (excludes halogenated alkanes) is 1. The van der Waals surface area contributed by atoms with Gasteiger partial charge in [0, 0.05) is 12.3 Å². The molecule has 136 valence electrons. The van der Waals surface area contributed by atoms with Gasteiger partial charge < -0.3 is 14.8 Å². The topological polar surface area (TPSA) is 47.6 Å². The fraction of sp³-hybridized carbons (Fsp3) is 0.588. The van der Waals surface area contributed by atoms with Gasteiger partial charge in [-0.25, -0.2) is 0 Å². The summed E-state index contributed by atoms with van der Waals surface area (Å²) in [6.45, 7) is 5.75. The third-order valence-corrected chi connectivity index (χ3v) is 3.71. The molecule has 1 rings (SSSR count). The van der Waals surface area contributed by atoms with E-state index in [9.17, 15) is 18.0 Å². The molecule has 0 aliphatic carbocycles. The first-order valence-electron chi connectivity index (χ1n) is 7.88. The summed E-state index contributed by atoms with van der Waals surface area (Å²) in [4.78, 5) is 12.5. The molecule has 24 heavy (non-hydrogen) atoms. The number of halogens is 3. The van der Waals surface area contributed by atoms with E-state index in [1.807, 2.05) is 6.92 Å². The summed E-state index contributed by atoms with van der Waals surface area (Å²) in [5, 5.41) is 2.52. The van der Waals surface area contributed by atoms with Crippen molar-refractivity contribution in [3.05, 3.63) is 23.8 Å². The molecule has 0 radical (unpaired) electrons. The van der Waals surface area contributed by atoms with Gasteiger partial charge in [-0.15, -0.1) is 0 Å². The molecular formula is C17H24F3NO3. The molecule has 0 aromatic heterocycles. The number of anilines is 1. The third kappa shape index (κ3) is 5.12. The molecule has 1 aromatic carbocycles. The van der Waals surface area contributed by atoms with E-state index < -0.39 is 23.2 Å². The van der Waals surface area contributed by atoms with Crippen LogP contribution in [0.4, 0.5) is 18.9 Å². The lowest BCUT2D eigenvalue weighted by Crippen LogP contribution is -2.42. The molecule has 0 aliphatic rings. The van der Waals surface area contributed by atoms with E-state index in [4.69, 9.17) is 9.47 Å². The maximum Gasteiger partial charge on any atom is 0.420 e. The van der Waals surface area contributed by atoms with Gasteiger partial charge >= 0.3 is 6.18 Å². The van der Waals surface area contributed by atoms with Gasteiger partial charge in [0.1, 0.15) is 11.4 Å². The van der Waals surface area contributed by atoms with Gasteiger partial charge in [0.15, 0.2) is 0 Å². The highest BCUT2D eigenvalue weighted by atomic mass is 19.4. The Morgan fingerprint density at radius 2 is 1.92 bits per heavy atom. The Labute approximate surface area is 140 Å². The smallest absolute Gasteiger partial charge is 0.420 e. The van der Waals surface area contributed by atoms with Crippen LogP contribution in [0.2, 0.25) is 0 Å². The predicted molar refractivity (Wildman–Crippen MR) is 86.2 cm³/mol. The van der Waals surface area contributed by atoms with E-state index in [0.29, 0.717) is 13.0 Å². The average Bonchev–Trinajstić information content (AvgIpc) is 2.52. The number of hydrogen-bond acceptors (Lipinski definition) is 3. The van der Waals surface area contributed by atoms with Gasteiger partial charge in [0.05, 0.1) is 12.7 Å². The number of hydrogen-bond donors (Lipinski definition) is 1. The summed E-state index contributed by atoms with van der Waals surface area (Å²) in [5.74, 6) is -0.754. The van der Waals surface area contributed by atoms with Crippen molar-refractivity contribution in [3.8, 4) is 5.75 Å². The van der Waals surface area contributed by atoms with E-state index >= 15 is 0 Å². The zero-order valence-electron chi connectivity index (χ0n) is 14.4. The number of alkyl halides is 3. The van der Waals surface area contributed by atoms with Crippen LogP contribution in [0.1, 0.15) is 45.6 Å². The first-order valence-corrected chi connectivity index (χ1v) is 7.88. The second-order valence-electron chi connectivity index (χ2n) is 5.63. The summed E-state index contributed by atoms with van der Waals surface area (Å²) in [6.07, 6.45) is -2.42. The zero-order valence-corrected chi connectivity index (χ0v) is 14.4. The van der Waals surface area contributed by atoms with Crippen LogP contribution in [0.25, 0.3) is 0 Å². The molecule has 0 aliphatic heterocycles. The SMILES string of the molecule is CCCC[C@](C)(OCC)C(=O)Nc1ccc(OC)c(C(F)(F)F)c1. The largest absolute Gasteiger partial charge is 0.496 e. The summed E-state index contributed by atoms with van der Waals surface area (Å²) in [7, 11) is 1.17. The number of methoxy groups -OCH3 is 1. The molecule has 0 fully saturated rings. The van der Waals surface area contributed by atoms with Crippen molar-refractivity contribution in [1.82, 2.24) is 0 Å². The molecule has 0 spiro atoms. The van der Waals surface area contributed by atoms with E-state index in [1.165, 1.54) is 19.2 Å². The number of carbonyl (C=O) groups excluding carboxylic acids is 1. The molecule has 0 heterocycles. The summed E-state index contributed by atoms with van der Waals surface area (Å²) >= 11 is 0. The van der Waals surface area contributed by atoms with E-state index in [1.54, 1.807) is 13.8 Å². The molecule has 1 N–H and O–H groups in total. The van der Waals surface area contributed by atoms with Crippen molar-refractivity contribution in [3.63, 3.8) is 0 Å². The van der Waals surface area contributed by atoms with Crippen molar-refractivity contribution in [1.29, 1.82) is 0 Å². The molecular weight excluding hydrogens is 323 g/mol. The molecule has 0 bridgehead atoms. The van der Waals surface area contributed by atoms with Crippen LogP contribution >= 0.6 is 0 Å². The Morgan fingerprint density at radius 3 is 2.42 bits per heavy atom. The van der Waals surface area contributed by atoms with E-state index in [2.05, 4.69) is 5.32 Å². The number of benzene rings is 1. The predicted octanol–water partition coefficient (Wildman–Crippen LogP) is 4.64. The summed E-state index contributed by atoms with van der Waals surface area (Å²) < 4.78 is 49.5. The minimum absolute atomic E-state index is 0.0514. The molecule has 1 amide bonds. The zero-order chi connectivity index (χ0) is 18.4. The van der Waals surface area contributed by atoms with Crippen LogP contribution in [-0.2, 0) is 15.7 Å². The first-order chi connectivity index (χ1) is 11.2. The lowest BCUT2D eigenvalue weighted by Gasteiger charge is -2.28. The van der Waals surface area contributed by atoms with Crippen LogP contribution in [0.3, 0.4) is 0 Å². The fourth-order valence-corrected chi connectivity index (χ4v) is 2.35. The highest BCUT2D eigenvalue weighted by Crippen LogP contribution is 2.38. The van der Waals surface area contributed by atoms with Gasteiger partial charge in [-0.3, -0.25) is 4.79 Å². The quantitative estimate of drug-likeness (QED) is 0.745. The van der Waals surface area contributed by atoms with Crippen LogP contribution in [0, 0.1) is 0 Å². The molecule has 7 heteroatoms. The number of ether oxygens (including phenoxy) is 2. The fourth-order valence-electron chi connectivity index (χ4n) is 2.35. The Balaban J connectivity index is 3.04. The lowest BCUT2D eigenvalue weighted by atomic mass is 9.97. The van der Waals surface area contributed by atoms with Crippen LogP contribution in [-0.4, -0.2) is 25.2 Å². The van der Waals surface area contributed by atoms with E-state index in [0.717, 1.165) is 18.9 Å². The lowest BCUT2D eigenvalue weighted by molar-refractivity contribution is -0.140. The van der Waals surface area contributed by atoms with Crippen molar-refractivity contribution < 1.29 is 27.4 Å². The third-order valence-electron chi connectivity index (χ3n) is 3.71. The molecule has 0 saturated carbocycles. The standard InChI is InChI=1S/C17H24F3NO3/c1-5-7-10-16(3,24-6-2)15(22)21-12-8-9-14(23-4)13(11-12)17(18,19)20/h8-9,11H,5-7,10H2,1-4H3,(H,21,22)/t16-/m0/s1. The molecule has 4 nitrogen and oxygen atoms in total. The van der Waals surface area contributed by atoms with Crippen LogP contribution < -0.4 is 10.1 Å². The van der Waals surface area contributed by atoms with Crippen molar-refractivity contribution in [2.45, 2.75) is 51.8 Å².